The van der Waals surface area contributed by atoms with Gasteiger partial charge in [0.05, 0.1) is 0 Å². The van der Waals surface area contributed by atoms with Crippen molar-refractivity contribution < 1.29 is 0 Å². The highest BCUT2D eigenvalue weighted by molar-refractivity contribution is 9.10. The van der Waals surface area contributed by atoms with Gasteiger partial charge >= 0.3 is 0 Å². The van der Waals surface area contributed by atoms with Crippen LogP contribution in [-0.2, 0) is 6.42 Å². The molecule has 2 aromatic carbocycles. The van der Waals surface area contributed by atoms with E-state index in [1.807, 2.05) is 0 Å². The summed E-state index contributed by atoms with van der Waals surface area (Å²) in [6, 6.07) is 17.8. The first-order valence-corrected chi connectivity index (χ1v) is 7.52. The van der Waals surface area contributed by atoms with E-state index < -0.39 is 0 Å². The fourth-order valence-electron chi connectivity index (χ4n) is 2.21. The van der Waals surface area contributed by atoms with Crippen molar-refractivity contribution in [1.29, 1.82) is 0 Å². The summed E-state index contributed by atoms with van der Waals surface area (Å²) in [6.07, 6.45) is 1.02. The van der Waals surface area contributed by atoms with Crippen molar-refractivity contribution in [2.75, 3.05) is 6.54 Å². The molecule has 0 aliphatic rings. The fourth-order valence-corrected chi connectivity index (χ4v) is 2.47. The van der Waals surface area contributed by atoms with Crippen LogP contribution in [0.25, 0.3) is 0 Å². The monoisotopic (exact) mass is 317 g/mol. The van der Waals surface area contributed by atoms with E-state index in [2.05, 4.69) is 83.6 Å². The normalized spacial score (nSPS) is 12.4. The predicted octanol–water partition coefficient (Wildman–Crippen LogP) is 4.65. The largest absolute Gasteiger partial charge is 0.310 e. The van der Waals surface area contributed by atoms with Crippen LogP contribution in [0.15, 0.2) is 53.0 Å². The van der Waals surface area contributed by atoms with Crippen LogP contribution in [0.5, 0.6) is 0 Å². The molecule has 0 bridgehead atoms. The number of halogens is 1. The number of hydrogen-bond donors (Lipinski definition) is 1. The Morgan fingerprint density at radius 1 is 1.00 bits per heavy atom. The summed E-state index contributed by atoms with van der Waals surface area (Å²) in [4.78, 5) is 0. The molecule has 0 amide bonds. The van der Waals surface area contributed by atoms with Gasteiger partial charge in [0.15, 0.2) is 0 Å². The van der Waals surface area contributed by atoms with E-state index in [-0.39, 0.29) is 0 Å². The molecule has 2 heteroatoms. The lowest BCUT2D eigenvalue weighted by molar-refractivity contribution is 0.550. The van der Waals surface area contributed by atoms with Crippen molar-refractivity contribution >= 4 is 15.9 Å². The Morgan fingerprint density at radius 3 is 2.21 bits per heavy atom. The number of hydrogen-bond acceptors (Lipinski definition) is 1. The van der Waals surface area contributed by atoms with Gasteiger partial charge in [-0.15, -0.1) is 0 Å². The quantitative estimate of drug-likeness (QED) is 0.846. The third-order valence-corrected chi connectivity index (χ3v) is 3.81. The zero-order chi connectivity index (χ0) is 13.7. The number of aryl methyl sites for hydroxylation is 1. The van der Waals surface area contributed by atoms with Gasteiger partial charge in [-0.05, 0) is 43.1 Å². The van der Waals surface area contributed by atoms with Crippen LogP contribution in [0.4, 0.5) is 0 Å². The highest BCUT2D eigenvalue weighted by Crippen LogP contribution is 2.21. The van der Waals surface area contributed by atoms with Crippen LogP contribution in [-0.4, -0.2) is 6.54 Å². The second-order valence-electron chi connectivity index (χ2n) is 4.85. The topological polar surface area (TPSA) is 12.0 Å². The van der Waals surface area contributed by atoms with Crippen molar-refractivity contribution in [3.8, 4) is 0 Å². The molecule has 1 atom stereocenters. The van der Waals surface area contributed by atoms with E-state index in [0.29, 0.717) is 6.04 Å². The van der Waals surface area contributed by atoms with Gasteiger partial charge in [-0.2, -0.15) is 0 Å². The van der Waals surface area contributed by atoms with Gasteiger partial charge in [0, 0.05) is 10.5 Å². The molecule has 0 spiro atoms. The SMILES string of the molecule is CCNC(Cc1ccc(C)cc1)c1ccc(Br)cc1. The molecule has 100 valence electrons. The number of benzene rings is 2. The minimum Gasteiger partial charge on any atom is -0.310 e. The Labute approximate surface area is 124 Å². The molecule has 0 aliphatic carbocycles. The summed E-state index contributed by atoms with van der Waals surface area (Å²) < 4.78 is 1.13. The van der Waals surface area contributed by atoms with Crippen LogP contribution in [0.1, 0.15) is 29.7 Å². The molecule has 2 aromatic rings. The Hall–Kier alpha value is -1.12. The summed E-state index contributed by atoms with van der Waals surface area (Å²) in [6.45, 7) is 5.26. The van der Waals surface area contributed by atoms with Crippen molar-refractivity contribution in [1.82, 2.24) is 5.32 Å². The standard InChI is InChI=1S/C17H20BrN/c1-3-19-17(15-8-10-16(18)11-9-15)12-14-6-4-13(2)5-7-14/h4-11,17,19H,3,12H2,1-2H3. The Morgan fingerprint density at radius 2 is 1.63 bits per heavy atom. The first-order valence-electron chi connectivity index (χ1n) is 6.73. The van der Waals surface area contributed by atoms with Gasteiger partial charge in [0.1, 0.15) is 0 Å². The van der Waals surface area contributed by atoms with Crippen LogP contribution < -0.4 is 5.32 Å². The molecule has 0 aromatic heterocycles. The highest BCUT2D eigenvalue weighted by Gasteiger charge is 2.10. The van der Waals surface area contributed by atoms with Crippen LogP contribution in [0.3, 0.4) is 0 Å². The molecule has 1 unspecified atom stereocenters. The fraction of sp³-hybridized carbons (Fsp3) is 0.294. The van der Waals surface area contributed by atoms with Crippen LogP contribution >= 0.6 is 15.9 Å². The summed E-state index contributed by atoms with van der Waals surface area (Å²) in [5, 5.41) is 3.57. The highest BCUT2D eigenvalue weighted by atomic mass is 79.9. The summed E-state index contributed by atoms with van der Waals surface area (Å²) >= 11 is 3.49. The predicted molar refractivity (Wildman–Crippen MR) is 85.4 cm³/mol. The van der Waals surface area contributed by atoms with E-state index in [1.165, 1.54) is 16.7 Å². The van der Waals surface area contributed by atoms with E-state index in [1.54, 1.807) is 0 Å². The number of nitrogens with one attached hydrogen (secondary N) is 1. The van der Waals surface area contributed by atoms with Gasteiger partial charge in [-0.3, -0.25) is 0 Å². The second-order valence-corrected chi connectivity index (χ2v) is 5.77. The zero-order valence-electron chi connectivity index (χ0n) is 11.5. The molecular weight excluding hydrogens is 298 g/mol. The summed E-state index contributed by atoms with van der Waals surface area (Å²) in [5.74, 6) is 0. The molecule has 0 fully saturated rings. The van der Waals surface area contributed by atoms with Crippen molar-refractivity contribution in [2.24, 2.45) is 0 Å². The molecule has 0 radical (unpaired) electrons. The Bertz CT molecular complexity index is 502. The van der Waals surface area contributed by atoms with Gasteiger partial charge in [0.2, 0.25) is 0 Å². The molecule has 0 saturated heterocycles. The first kappa shape index (κ1) is 14.3. The molecule has 1 N–H and O–H groups in total. The third-order valence-electron chi connectivity index (χ3n) is 3.28. The van der Waals surface area contributed by atoms with E-state index in [9.17, 15) is 0 Å². The van der Waals surface area contributed by atoms with Crippen molar-refractivity contribution in [3.63, 3.8) is 0 Å². The number of rotatable bonds is 5. The smallest absolute Gasteiger partial charge is 0.0360 e. The lowest BCUT2D eigenvalue weighted by Gasteiger charge is -2.18. The Balaban J connectivity index is 2.15. The van der Waals surface area contributed by atoms with Crippen LogP contribution in [0.2, 0.25) is 0 Å². The van der Waals surface area contributed by atoms with Crippen molar-refractivity contribution in [3.05, 3.63) is 69.7 Å². The van der Waals surface area contributed by atoms with Gasteiger partial charge < -0.3 is 5.32 Å². The van der Waals surface area contributed by atoms with E-state index >= 15 is 0 Å². The Kier molecular flexibility index (Phi) is 5.17. The number of likely N-dealkylation sites (N-methyl/N-ethyl adjacent to an activating group) is 1. The molecule has 1 nitrogen and oxygen atoms in total. The van der Waals surface area contributed by atoms with Gasteiger partial charge in [-0.25, -0.2) is 0 Å². The minimum atomic E-state index is 0.376. The first-order chi connectivity index (χ1) is 9.19. The van der Waals surface area contributed by atoms with Gasteiger partial charge in [0.25, 0.3) is 0 Å². The minimum absolute atomic E-state index is 0.376. The molecular formula is C17H20BrN. The molecule has 2 rings (SSSR count). The lowest BCUT2D eigenvalue weighted by Crippen LogP contribution is -2.22. The van der Waals surface area contributed by atoms with E-state index in [0.717, 1.165) is 17.4 Å². The molecule has 0 saturated carbocycles. The molecule has 0 aliphatic heterocycles. The maximum atomic E-state index is 3.57. The maximum absolute atomic E-state index is 3.57. The molecule has 19 heavy (non-hydrogen) atoms. The third kappa shape index (κ3) is 4.19. The van der Waals surface area contributed by atoms with Gasteiger partial charge in [-0.1, -0.05) is 64.8 Å². The average molecular weight is 318 g/mol. The van der Waals surface area contributed by atoms with E-state index in [4.69, 9.17) is 0 Å². The zero-order valence-corrected chi connectivity index (χ0v) is 13.1. The second kappa shape index (κ2) is 6.88. The van der Waals surface area contributed by atoms with Crippen molar-refractivity contribution in [2.45, 2.75) is 26.3 Å². The lowest BCUT2D eigenvalue weighted by atomic mass is 9.98. The average Bonchev–Trinajstić information content (AvgIpc) is 2.42. The summed E-state index contributed by atoms with van der Waals surface area (Å²) in [7, 11) is 0. The molecule has 0 heterocycles. The van der Waals surface area contributed by atoms with Crippen LogP contribution in [0, 0.1) is 6.92 Å². The maximum Gasteiger partial charge on any atom is 0.0360 e. The summed E-state index contributed by atoms with van der Waals surface area (Å²) in [5.41, 5.74) is 4.03.